The molecule has 0 spiro atoms. The number of carbonyl (C=O) groups excluding carboxylic acids is 1. The van der Waals surface area contributed by atoms with Crippen LogP contribution in [0.4, 0.5) is 5.69 Å². The average Bonchev–Trinajstić information content (AvgIpc) is 2.75. The summed E-state index contributed by atoms with van der Waals surface area (Å²) in [5.74, 6) is 0.0252. The third kappa shape index (κ3) is 3.39. The highest BCUT2D eigenvalue weighted by Crippen LogP contribution is 2.28. The molecule has 1 fully saturated rings. The molecule has 104 valence electrons. The van der Waals surface area contributed by atoms with Gasteiger partial charge in [0, 0.05) is 42.8 Å². The van der Waals surface area contributed by atoms with Crippen LogP contribution >= 0.6 is 11.6 Å². The molecule has 0 bridgehead atoms. The quantitative estimate of drug-likeness (QED) is 0.892. The lowest BCUT2D eigenvalue weighted by molar-refractivity contribution is -0.119. The highest BCUT2D eigenvalue weighted by Gasteiger charge is 2.23. The molecule has 19 heavy (non-hydrogen) atoms. The van der Waals surface area contributed by atoms with Crippen molar-refractivity contribution in [2.45, 2.75) is 32.4 Å². The summed E-state index contributed by atoms with van der Waals surface area (Å²) in [6.07, 6.45) is 0.965. The number of anilines is 1. The molecule has 0 aromatic heterocycles. The lowest BCUT2D eigenvalue weighted by atomic mass is 10.1. The summed E-state index contributed by atoms with van der Waals surface area (Å²) in [4.78, 5) is 13.3. The first-order valence-electron chi connectivity index (χ1n) is 6.54. The Bertz CT molecular complexity index is 476. The van der Waals surface area contributed by atoms with Gasteiger partial charge in [0.2, 0.25) is 5.91 Å². The van der Waals surface area contributed by atoms with Gasteiger partial charge in [-0.15, -0.1) is 0 Å². The standard InChI is InChI=1S/C14H20ClN3O/c1-9(16)13-4-3-12(7-14(13)15)18-6-5-11(8-18)17-10(2)19/h3-4,7,9,11H,5-6,8,16H2,1-2H3,(H,17,19). The smallest absolute Gasteiger partial charge is 0.217 e. The zero-order valence-corrected chi connectivity index (χ0v) is 12.1. The summed E-state index contributed by atoms with van der Waals surface area (Å²) in [6, 6.07) is 6.14. The number of halogens is 1. The van der Waals surface area contributed by atoms with Crippen LogP contribution in [-0.4, -0.2) is 25.0 Å². The summed E-state index contributed by atoms with van der Waals surface area (Å²) >= 11 is 6.25. The van der Waals surface area contributed by atoms with E-state index in [1.54, 1.807) is 6.92 Å². The molecular weight excluding hydrogens is 262 g/mol. The molecule has 1 heterocycles. The highest BCUT2D eigenvalue weighted by atomic mass is 35.5. The molecule has 5 heteroatoms. The number of hydrogen-bond acceptors (Lipinski definition) is 3. The van der Waals surface area contributed by atoms with E-state index in [0.717, 1.165) is 30.8 Å². The maximum absolute atomic E-state index is 11.1. The molecule has 2 atom stereocenters. The molecule has 1 aromatic rings. The monoisotopic (exact) mass is 281 g/mol. The zero-order valence-electron chi connectivity index (χ0n) is 11.3. The van der Waals surface area contributed by atoms with Gasteiger partial charge in [-0.1, -0.05) is 17.7 Å². The maximum Gasteiger partial charge on any atom is 0.217 e. The van der Waals surface area contributed by atoms with Gasteiger partial charge in [-0.3, -0.25) is 4.79 Å². The molecular formula is C14H20ClN3O. The minimum Gasteiger partial charge on any atom is -0.369 e. The van der Waals surface area contributed by atoms with Crippen molar-refractivity contribution in [3.63, 3.8) is 0 Å². The second kappa shape index (κ2) is 5.80. The fourth-order valence-electron chi connectivity index (χ4n) is 2.48. The molecule has 2 unspecified atom stereocenters. The summed E-state index contributed by atoms with van der Waals surface area (Å²) < 4.78 is 0. The lowest BCUT2D eigenvalue weighted by Crippen LogP contribution is -2.35. The second-order valence-electron chi connectivity index (χ2n) is 5.13. The van der Waals surface area contributed by atoms with E-state index in [-0.39, 0.29) is 18.0 Å². The Hall–Kier alpha value is -1.26. The molecule has 0 aliphatic carbocycles. The van der Waals surface area contributed by atoms with Gasteiger partial charge in [0.1, 0.15) is 0 Å². The number of carbonyl (C=O) groups is 1. The van der Waals surface area contributed by atoms with Crippen LogP contribution in [0.2, 0.25) is 5.02 Å². The molecule has 2 rings (SSSR count). The first kappa shape index (κ1) is 14.2. The highest BCUT2D eigenvalue weighted by molar-refractivity contribution is 6.31. The van der Waals surface area contributed by atoms with Crippen LogP contribution in [0.3, 0.4) is 0 Å². The van der Waals surface area contributed by atoms with Crippen molar-refractivity contribution in [2.24, 2.45) is 5.73 Å². The number of nitrogens with zero attached hydrogens (tertiary/aromatic N) is 1. The molecule has 0 radical (unpaired) electrons. The van der Waals surface area contributed by atoms with E-state index in [1.165, 1.54) is 0 Å². The molecule has 1 amide bonds. The Morgan fingerprint density at radius 2 is 2.32 bits per heavy atom. The number of amides is 1. The largest absolute Gasteiger partial charge is 0.369 e. The predicted molar refractivity (Wildman–Crippen MR) is 78.5 cm³/mol. The van der Waals surface area contributed by atoms with E-state index in [0.29, 0.717) is 5.02 Å². The molecule has 1 saturated heterocycles. The van der Waals surface area contributed by atoms with E-state index < -0.39 is 0 Å². The Kier molecular flexibility index (Phi) is 4.32. The van der Waals surface area contributed by atoms with E-state index >= 15 is 0 Å². The first-order valence-corrected chi connectivity index (χ1v) is 6.92. The van der Waals surface area contributed by atoms with Crippen molar-refractivity contribution < 1.29 is 4.79 Å². The first-order chi connectivity index (χ1) is 8.97. The van der Waals surface area contributed by atoms with Gasteiger partial charge < -0.3 is 16.0 Å². The number of hydrogen-bond donors (Lipinski definition) is 2. The third-order valence-corrected chi connectivity index (χ3v) is 3.76. The van der Waals surface area contributed by atoms with Crippen molar-refractivity contribution in [3.05, 3.63) is 28.8 Å². The van der Waals surface area contributed by atoms with Crippen LogP contribution in [0.25, 0.3) is 0 Å². The Morgan fingerprint density at radius 3 is 2.89 bits per heavy atom. The zero-order chi connectivity index (χ0) is 14.0. The lowest BCUT2D eigenvalue weighted by Gasteiger charge is -2.20. The topological polar surface area (TPSA) is 58.4 Å². The third-order valence-electron chi connectivity index (χ3n) is 3.44. The average molecular weight is 282 g/mol. The fraction of sp³-hybridized carbons (Fsp3) is 0.500. The SMILES string of the molecule is CC(=O)NC1CCN(c2ccc(C(C)N)c(Cl)c2)C1. The van der Waals surface area contributed by atoms with E-state index in [2.05, 4.69) is 10.2 Å². The predicted octanol–water partition coefficient (Wildman–Crippen LogP) is 2.07. The van der Waals surface area contributed by atoms with Crippen LogP contribution in [0.5, 0.6) is 0 Å². The van der Waals surface area contributed by atoms with Gasteiger partial charge >= 0.3 is 0 Å². The maximum atomic E-state index is 11.1. The van der Waals surface area contributed by atoms with Crippen molar-refractivity contribution >= 4 is 23.2 Å². The second-order valence-corrected chi connectivity index (χ2v) is 5.53. The summed E-state index contributed by atoms with van der Waals surface area (Å²) in [7, 11) is 0. The van der Waals surface area contributed by atoms with Crippen molar-refractivity contribution in [2.75, 3.05) is 18.0 Å². The van der Waals surface area contributed by atoms with E-state index in [9.17, 15) is 4.79 Å². The van der Waals surface area contributed by atoms with Crippen LogP contribution in [0, 0.1) is 0 Å². The molecule has 3 N–H and O–H groups in total. The van der Waals surface area contributed by atoms with Gasteiger partial charge in [0.15, 0.2) is 0 Å². The van der Waals surface area contributed by atoms with Crippen LogP contribution in [0.15, 0.2) is 18.2 Å². The van der Waals surface area contributed by atoms with Gasteiger partial charge in [-0.25, -0.2) is 0 Å². The summed E-state index contributed by atoms with van der Waals surface area (Å²) in [5.41, 5.74) is 7.90. The Morgan fingerprint density at radius 1 is 1.58 bits per heavy atom. The summed E-state index contributed by atoms with van der Waals surface area (Å²) in [6.45, 7) is 5.23. The minimum absolute atomic E-state index is 0.0252. The summed E-state index contributed by atoms with van der Waals surface area (Å²) in [5, 5.41) is 3.66. The van der Waals surface area contributed by atoms with Crippen molar-refractivity contribution in [3.8, 4) is 0 Å². The van der Waals surface area contributed by atoms with Crippen LogP contribution in [0.1, 0.15) is 31.9 Å². The van der Waals surface area contributed by atoms with Gasteiger partial charge in [0.05, 0.1) is 0 Å². The Balaban J connectivity index is 2.07. The molecule has 1 aliphatic heterocycles. The van der Waals surface area contributed by atoms with Gasteiger partial charge in [-0.05, 0) is 31.0 Å². The Labute approximate surface area is 118 Å². The van der Waals surface area contributed by atoms with Crippen LogP contribution in [-0.2, 0) is 4.79 Å². The number of rotatable bonds is 3. The van der Waals surface area contributed by atoms with E-state index in [4.69, 9.17) is 17.3 Å². The minimum atomic E-state index is -0.0627. The fourth-order valence-corrected chi connectivity index (χ4v) is 2.83. The normalized spacial score (nSPS) is 20.4. The van der Waals surface area contributed by atoms with Gasteiger partial charge in [-0.2, -0.15) is 0 Å². The molecule has 0 saturated carbocycles. The van der Waals surface area contributed by atoms with Gasteiger partial charge in [0.25, 0.3) is 0 Å². The molecule has 4 nitrogen and oxygen atoms in total. The number of nitrogens with two attached hydrogens (primary N) is 1. The van der Waals surface area contributed by atoms with Crippen molar-refractivity contribution in [1.82, 2.24) is 5.32 Å². The number of benzene rings is 1. The molecule has 1 aromatic carbocycles. The van der Waals surface area contributed by atoms with Crippen LogP contribution < -0.4 is 16.0 Å². The van der Waals surface area contributed by atoms with Crippen molar-refractivity contribution in [1.29, 1.82) is 0 Å². The molecule has 1 aliphatic rings. The van der Waals surface area contributed by atoms with E-state index in [1.807, 2.05) is 25.1 Å². The number of nitrogens with one attached hydrogen (secondary N) is 1.